The Hall–Kier alpha value is -3.25. The molecule has 1 saturated heterocycles. The molecular formula is C22H21N5O2S. The first-order valence-corrected chi connectivity index (χ1v) is 10.4. The summed E-state index contributed by atoms with van der Waals surface area (Å²) >= 11 is 1.43. The van der Waals surface area contributed by atoms with Gasteiger partial charge in [0.1, 0.15) is 10.8 Å². The maximum absolute atomic E-state index is 12.0. The van der Waals surface area contributed by atoms with Gasteiger partial charge in [0.15, 0.2) is 0 Å². The molecule has 8 heteroatoms. The number of morpholine rings is 1. The molecule has 1 aromatic carbocycles. The van der Waals surface area contributed by atoms with Crippen LogP contribution >= 0.6 is 11.3 Å². The molecule has 0 unspecified atom stereocenters. The van der Waals surface area contributed by atoms with Crippen LogP contribution < -0.4 is 11.1 Å². The Morgan fingerprint density at radius 3 is 2.70 bits per heavy atom. The van der Waals surface area contributed by atoms with Gasteiger partial charge in [0.05, 0.1) is 36.1 Å². The standard InChI is InChI=1S/C22H21N5O2S/c23-13-15-4-6-16(7-5-15)19-12-18(21(24)28)22(30-19)26-20-3-1-2-17(25-20)14-27-8-10-29-11-9-27/h1-7,12H,8-11,14H2,(H2,24,28)(H,25,26). The molecule has 152 valence electrons. The van der Waals surface area contributed by atoms with Crippen LogP contribution in [0.2, 0.25) is 0 Å². The predicted molar refractivity (Wildman–Crippen MR) is 117 cm³/mol. The summed E-state index contributed by atoms with van der Waals surface area (Å²) in [5, 5.41) is 12.9. The third-order valence-electron chi connectivity index (χ3n) is 4.83. The van der Waals surface area contributed by atoms with Crippen LogP contribution in [0.15, 0.2) is 48.5 Å². The zero-order valence-electron chi connectivity index (χ0n) is 16.3. The summed E-state index contributed by atoms with van der Waals surface area (Å²) in [5.41, 5.74) is 8.48. The van der Waals surface area contributed by atoms with E-state index in [1.54, 1.807) is 18.2 Å². The lowest BCUT2D eigenvalue weighted by atomic mass is 10.1. The minimum atomic E-state index is -0.502. The fraction of sp³-hybridized carbons (Fsp3) is 0.227. The molecule has 1 fully saturated rings. The molecule has 3 N–H and O–H groups in total. The quantitative estimate of drug-likeness (QED) is 0.635. The number of carbonyl (C=O) groups excluding carboxylic acids is 1. The van der Waals surface area contributed by atoms with Gasteiger partial charge in [-0.3, -0.25) is 9.69 Å². The molecule has 7 nitrogen and oxygen atoms in total. The van der Waals surface area contributed by atoms with Gasteiger partial charge in [-0.1, -0.05) is 18.2 Å². The normalized spacial score (nSPS) is 14.2. The Kier molecular flexibility index (Phi) is 6.05. The summed E-state index contributed by atoms with van der Waals surface area (Å²) < 4.78 is 5.39. The molecule has 1 amide bonds. The average Bonchev–Trinajstić information content (AvgIpc) is 3.19. The first-order chi connectivity index (χ1) is 14.6. The van der Waals surface area contributed by atoms with Crippen molar-refractivity contribution in [2.45, 2.75) is 6.54 Å². The number of pyridine rings is 1. The van der Waals surface area contributed by atoms with Crippen molar-refractivity contribution in [1.29, 1.82) is 5.26 Å². The van der Waals surface area contributed by atoms with Crippen LogP contribution in [0.3, 0.4) is 0 Å². The number of hydrogen-bond donors (Lipinski definition) is 2. The lowest BCUT2D eigenvalue weighted by molar-refractivity contribution is 0.0337. The van der Waals surface area contributed by atoms with Gasteiger partial charge in [-0.2, -0.15) is 5.26 Å². The number of benzene rings is 1. The summed E-state index contributed by atoms with van der Waals surface area (Å²) in [7, 11) is 0. The van der Waals surface area contributed by atoms with Gasteiger partial charge in [0, 0.05) is 24.5 Å². The molecule has 0 spiro atoms. The number of rotatable bonds is 6. The van der Waals surface area contributed by atoms with Gasteiger partial charge in [-0.05, 0) is 35.9 Å². The highest BCUT2D eigenvalue weighted by Crippen LogP contribution is 2.36. The van der Waals surface area contributed by atoms with Gasteiger partial charge < -0.3 is 15.8 Å². The first-order valence-electron chi connectivity index (χ1n) is 9.59. The van der Waals surface area contributed by atoms with Gasteiger partial charge in [-0.25, -0.2) is 4.98 Å². The third-order valence-corrected chi connectivity index (χ3v) is 5.93. The Morgan fingerprint density at radius 1 is 1.23 bits per heavy atom. The zero-order chi connectivity index (χ0) is 20.9. The van der Waals surface area contributed by atoms with E-state index in [1.807, 2.05) is 30.3 Å². The van der Waals surface area contributed by atoms with Crippen LogP contribution in [0.1, 0.15) is 21.6 Å². The van der Waals surface area contributed by atoms with Crippen molar-refractivity contribution in [3.05, 3.63) is 65.4 Å². The average molecular weight is 420 g/mol. The van der Waals surface area contributed by atoms with Gasteiger partial charge in [0.25, 0.3) is 5.91 Å². The monoisotopic (exact) mass is 419 g/mol. The topological polar surface area (TPSA) is 104 Å². The van der Waals surface area contributed by atoms with Crippen LogP contribution in [-0.2, 0) is 11.3 Å². The van der Waals surface area contributed by atoms with E-state index < -0.39 is 5.91 Å². The Labute approximate surface area is 178 Å². The molecule has 2 aromatic heterocycles. The molecule has 0 aliphatic carbocycles. The van der Waals surface area contributed by atoms with Crippen molar-refractivity contribution in [1.82, 2.24) is 9.88 Å². The fourth-order valence-corrected chi connectivity index (χ4v) is 4.34. The van der Waals surface area contributed by atoms with Crippen molar-refractivity contribution in [2.75, 3.05) is 31.6 Å². The number of nitrogens with zero attached hydrogens (tertiary/aromatic N) is 3. The lowest BCUT2D eigenvalue weighted by Crippen LogP contribution is -2.35. The van der Waals surface area contributed by atoms with E-state index >= 15 is 0 Å². The molecule has 3 heterocycles. The summed E-state index contributed by atoms with van der Waals surface area (Å²) in [5.74, 6) is 0.162. The van der Waals surface area contributed by atoms with Crippen LogP contribution in [0, 0.1) is 11.3 Å². The minimum absolute atomic E-state index is 0.416. The number of ether oxygens (including phenoxy) is 1. The molecule has 0 saturated carbocycles. The molecular weight excluding hydrogens is 398 g/mol. The minimum Gasteiger partial charge on any atom is -0.379 e. The summed E-state index contributed by atoms with van der Waals surface area (Å²) in [6.45, 7) is 4.02. The second-order valence-corrected chi connectivity index (χ2v) is 7.99. The largest absolute Gasteiger partial charge is 0.379 e. The molecule has 0 atom stereocenters. The predicted octanol–water partition coefficient (Wildman–Crippen LogP) is 3.36. The molecule has 3 aromatic rings. The highest BCUT2D eigenvalue weighted by atomic mass is 32.1. The van der Waals surface area contributed by atoms with Crippen molar-refractivity contribution in [2.24, 2.45) is 5.73 Å². The maximum Gasteiger partial charge on any atom is 0.251 e. The molecule has 0 bridgehead atoms. The lowest BCUT2D eigenvalue weighted by Gasteiger charge is -2.26. The maximum atomic E-state index is 12.0. The van der Waals surface area contributed by atoms with E-state index in [1.165, 1.54) is 11.3 Å². The molecule has 0 radical (unpaired) electrons. The van der Waals surface area contributed by atoms with Crippen molar-refractivity contribution in [3.8, 4) is 16.5 Å². The number of carbonyl (C=O) groups is 1. The van der Waals surface area contributed by atoms with E-state index in [0.717, 1.165) is 49.0 Å². The number of nitrogens with one attached hydrogen (secondary N) is 1. The third kappa shape index (κ3) is 4.66. The van der Waals surface area contributed by atoms with Crippen LogP contribution in [0.25, 0.3) is 10.4 Å². The Bertz CT molecular complexity index is 1080. The van der Waals surface area contributed by atoms with Crippen LogP contribution in [0.4, 0.5) is 10.8 Å². The van der Waals surface area contributed by atoms with E-state index in [9.17, 15) is 4.79 Å². The molecule has 4 rings (SSSR count). The van der Waals surface area contributed by atoms with E-state index in [4.69, 9.17) is 20.7 Å². The number of amides is 1. The SMILES string of the molecule is N#Cc1ccc(-c2cc(C(N)=O)c(Nc3cccc(CN4CCOCC4)n3)s2)cc1. The Morgan fingerprint density at radius 2 is 2.00 bits per heavy atom. The number of thiophene rings is 1. The van der Waals surface area contributed by atoms with E-state index in [2.05, 4.69) is 16.3 Å². The van der Waals surface area contributed by atoms with Gasteiger partial charge in [-0.15, -0.1) is 11.3 Å². The summed E-state index contributed by atoms with van der Waals surface area (Å²) in [4.78, 5) is 19.9. The summed E-state index contributed by atoms with van der Waals surface area (Å²) in [6.07, 6.45) is 0. The smallest absolute Gasteiger partial charge is 0.251 e. The fourth-order valence-electron chi connectivity index (χ4n) is 3.26. The van der Waals surface area contributed by atoms with Gasteiger partial charge >= 0.3 is 0 Å². The Balaban J connectivity index is 1.56. The number of nitrogens with two attached hydrogens (primary N) is 1. The van der Waals surface area contributed by atoms with E-state index in [-0.39, 0.29) is 0 Å². The van der Waals surface area contributed by atoms with Gasteiger partial charge in [0.2, 0.25) is 0 Å². The van der Waals surface area contributed by atoms with Crippen molar-refractivity contribution >= 4 is 28.1 Å². The van der Waals surface area contributed by atoms with Crippen LogP contribution in [-0.4, -0.2) is 42.1 Å². The van der Waals surface area contributed by atoms with Crippen molar-refractivity contribution < 1.29 is 9.53 Å². The number of nitriles is 1. The van der Waals surface area contributed by atoms with E-state index in [0.29, 0.717) is 21.9 Å². The molecule has 30 heavy (non-hydrogen) atoms. The molecule has 1 aliphatic heterocycles. The molecule has 1 aliphatic rings. The zero-order valence-corrected chi connectivity index (χ0v) is 17.1. The highest BCUT2D eigenvalue weighted by molar-refractivity contribution is 7.19. The number of anilines is 2. The second kappa shape index (κ2) is 9.05. The number of aromatic nitrogens is 1. The second-order valence-electron chi connectivity index (χ2n) is 6.93. The number of primary amides is 1. The van der Waals surface area contributed by atoms with Crippen LogP contribution in [0.5, 0.6) is 0 Å². The van der Waals surface area contributed by atoms with Crippen molar-refractivity contribution in [3.63, 3.8) is 0 Å². The summed E-state index contributed by atoms with van der Waals surface area (Å²) in [6, 6.07) is 16.9. The highest BCUT2D eigenvalue weighted by Gasteiger charge is 2.16. The first kappa shape index (κ1) is 20.0. The number of hydrogen-bond acceptors (Lipinski definition) is 7.